The van der Waals surface area contributed by atoms with E-state index in [2.05, 4.69) is 25.1 Å². The van der Waals surface area contributed by atoms with Crippen LogP contribution in [0.5, 0.6) is 0 Å². The second kappa shape index (κ2) is 18.3. The zero-order chi connectivity index (χ0) is 21.2. The summed E-state index contributed by atoms with van der Waals surface area (Å²) in [5, 5.41) is 16.8. The number of pyridine rings is 3. The van der Waals surface area contributed by atoms with Gasteiger partial charge in [0.05, 0.1) is 11.1 Å². The van der Waals surface area contributed by atoms with Crippen molar-refractivity contribution < 1.29 is 21.8 Å². The molecule has 0 aromatic carbocycles. The summed E-state index contributed by atoms with van der Waals surface area (Å²) < 4.78 is 0. The Morgan fingerprint density at radius 1 is 1.00 bits per heavy atom. The van der Waals surface area contributed by atoms with E-state index in [1.54, 1.807) is 42.9 Å². The maximum Gasteiger partial charge on any atom is 2.00 e. The first-order chi connectivity index (χ1) is 13.9. The third kappa shape index (κ3) is 11.1. The van der Waals surface area contributed by atoms with Crippen LogP contribution in [0, 0.1) is 25.7 Å². The van der Waals surface area contributed by atoms with Gasteiger partial charge in [-0.3, -0.25) is 9.89 Å². The standard InChI is InChI=1S/C7H6ClNO.C7H7N3.C6H3ClN2.CH4.CH3.BrH.Mg/c1-5(10)6-3-2-4-9-7(6)8;1-5-6-3-2-4-8-7(6)10-9-5;7-6-5(4-8)2-1-3-9-6;;;;/h2-4H,1H3;2-4H,1H3,(H,8,9,10);1-3H;1H4;1H3;1H;/q;;;;-1;;+2/p-1. The Morgan fingerprint density at radius 2 is 1.55 bits per heavy atom. The smallest absolute Gasteiger partial charge is 1.00 e. The molecule has 4 rings (SSSR count). The largest absolute Gasteiger partial charge is 2.00 e. The van der Waals surface area contributed by atoms with Crippen molar-refractivity contribution >= 4 is 63.1 Å². The molecule has 4 aromatic rings. The number of aromatic nitrogens is 5. The van der Waals surface area contributed by atoms with E-state index in [-0.39, 0.29) is 71.0 Å². The van der Waals surface area contributed by atoms with Gasteiger partial charge in [0.2, 0.25) is 0 Å². The monoisotopic (exact) mass is 560 g/mol. The van der Waals surface area contributed by atoms with E-state index in [0.29, 0.717) is 11.1 Å². The van der Waals surface area contributed by atoms with Crippen LogP contribution in [-0.2, 0) is 0 Å². The molecule has 4 aromatic heterocycles. The second-order valence-corrected chi connectivity index (χ2v) is 6.29. The Morgan fingerprint density at radius 3 is 2.00 bits per heavy atom. The maximum absolute atomic E-state index is 10.7. The van der Waals surface area contributed by atoms with Gasteiger partial charge in [-0.25, -0.2) is 15.0 Å². The number of nitrogens with one attached hydrogen (secondary N) is 1. The number of halogens is 3. The van der Waals surface area contributed by atoms with Crippen LogP contribution in [0.25, 0.3) is 11.0 Å². The first-order valence-corrected chi connectivity index (χ1v) is 9.07. The van der Waals surface area contributed by atoms with Crippen LogP contribution in [0.3, 0.4) is 0 Å². The summed E-state index contributed by atoms with van der Waals surface area (Å²) in [5.41, 5.74) is 2.76. The van der Waals surface area contributed by atoms with Crippen LogP contribution in [0.15, 0.2) is 55.0 Å². The summed E-state index contributed by atoms with van der Waals surface area (Å²) in [5.74, 6) is -0.0573. The molecule has 7 nitrogen and oxygen atoms in total. The van der Waals surface area contributed by atoms with Gasteiger partial charge >= 0.3 is 23.1 Å². The predicted octanol–water partition coefficient (Wildman–Crippen LogP) is 2.52. The molecule has 0 fully saturated rings. The molecule has 0 aliphatic rings. The van der Waals surface area contributed by atoms with Gasteiger partial charge in [-0.2, -0.15) is 10.4 Å². The van der Waals surface area contributed by atoms with E-state index in [4.69, 9.17) is 28.5 Å². The molecule has 11 heteroatoms. The van der Waals surface area contributed by atoms with Gasteiger partial charge in [0, 0.05) is 29.7 Å². The number of ketones is 1. The number of carbonyl (C=O) groups is 1. The molecule has 0 aliphatic carbocycles. The minimum Gasteiger partial charge on any atom is -1.00 e. The van der Waals surface area contributed by atoms with Gasteiger partial charge in [-0.15, -0.1) is 0 Å². The second-order valence-electron chi connectivity index (χ2n) is 5.57. The van der Waals surface area contributed by atoms with Crippen molar-refractivity contribution in [3.05, 3.63) is 89.5 Å². The summed E-state index contributed by atoms with van der Waals surface area (Å²) in [6.07, 6.45) is 4.83. The number of rotatable bonds is 1. The third-order valence-corrected chi connectivity index (χ3v) is 4.14. The number of aromatic amines is 1. The van der Waals surface area contributed by atoms with E-state index < -0.39 is 0 Å². The summed E-state index contributed by atoms with van der Waals surface area (Å²) in [4.78, 5) is 22.2. The van der Waals surface area contributed by atoms with E-state index >= 15 is 0 Å². The average molecular weight is 563 g/mol. The van der Waals surface area contributed by atoms with E-state index in [1.807, 2.05) is 25.1 Å². The minimum absolute atomic E-state index is 0. The minimum atomic E-state index is -0.0573. The van der Waals surface area contributed by atoms with Crippen molar-refractivity contribution in [1.29, 1.82) is 5.26 Å². The molecule has 1 N–H and O–H groups in total. The van der Waals surface area contributed by atoms with Crippen LogP contribution >= 0.6 is 23.2 Å². The Hall–Kier alpha value is -2.09. The van der Waals surface area contributed by atoms with Crippen LogP contribution in [-0.4, -0.2) is 54.0 Å². The summed E-state index contributed by atoms with van der Waals surface area (Å²) >= 11 is 11.1. The normalized spacial score (nSPS) is 8.33. The van der Waals surface area contributed by atoms with Crippen molar-refractivity contribution in [2.45, 2.75) is 21.3 Å². The average Bonchev–Trinajstić information content (AvgIpc) is 3.11. The molecule has 0 radical (unpaired) electrons. The SMILES string of the molecule is C.CC(=O)c1cccnc1Cl.Cc1[nH]nc2ncccc12.N#Cc1cccnc1Cl.[Br-].[CH3-].[Mg+2]. The van der Waals surface area contributed by atoms with Gasteiger partial charge in [-0.05, 0) is 50.2 Å². The van der Waals surface area contributed by atoms with Crippen molar-refractivity contribution in [3.63, 3.8) is 0 Å². The molecule has 0 spiro atoms. The fraction of sp³-hybridized carbons (Fsp3) is 0.136. The van der Waals surface area contributed by atoms with Gasteiger partial charge in [-0.1, -0.05) is 30.6 Å². The Balaban J connectivity index is -0.000000386. The van der Waals surface area contributed by atoms with Crippen molar-refractivity contribution in [1.82, 2.24) is 25.1 Å². The molecule has 0 aliphatic heterocycles. The molecule has 4 heterocycles. The van der Waals surface area contributed by atoms with Gasteiger partial charge in [0.1, 0.15) is 16.4 Å². The summed E-state index contributed by atoms with van der Waals surface area (Å²) in [7, 11) is 0. The van der Waals surface area contributed by atoms with Crippen molar-refractivity contribution in [2.24, 2.45) is 0 Å². The molecule has 0 saturated carbocycles. The third-order valence-electron chi connectivity index (χ3n) is 3.54. The quantitative estimate of drug-likeness (QED) is 0.165. The Kier molecular flexibility index (Phi) is 19.7. The summed E-state index contributed by atoms with van der Waals surface area (Å²) in [6.45, 7) is 3.44. The number of carbonyl (C=O) groups excluding carboxylic acids is 1. The first kappa shape index (κ1) is 35.5. The number of nitrogens with zero attached hydrogens (tertiary/aromatic N) is 5. The Labute approximate surface area is 230 Å². The Bertz CT molecular complexity index is 1170. The molecule has 0 atom stereocenters. The number of fused-ring (bicyclic) bond motifs is 1. The topological polar surface area (TPSA) is 108 Å². The zero-order valence-electron chi connectivity index (χ0n) is 17.7. The molecule has 170 valence electrons. The first-order valence-electron chi connectivity index (χ1n) is 8.31. The molecular formula is C22H23BrCl2MgN6O. The van der Waals surface area contributed by atoms with Crippen molar-refractivity contribution in [3.8, 4) is 6.07 Å². The number of aryl methyl sites for hydroxylation is 1. The van der Waals surface area contributed by atoms with Crippen molar-refractivity contribution in [2.75, 3.05) is 0 Å². The molecule has 0 unspecified atom stereocenters. The fourth-order valence-electron chi connectivity index (χ4n) is 2.09. The van der Waals surface area contributed by atoms with Gasteiger partial charge in [0.25, 0.3) is 0 Å². The molecule has 0 saturated heterocycles. The van der Waals surface area contributed by atoms with Crippen LogP contribution in [0.4, 0.5) is 0 Å². The molecule has 0 amide bonds. The van der Waals surface area contributed by atoms with Crippen LogP contribution in [0.1, 0.15) is 36.0 Å². The number of hydrogen-bond acceptors (Lipinski definition) is 6. The molecule has 33 heavy (non-hydrogen) atoms. The van der Waals surface area contributed by atoms with E-state index in [0.717, 1.165) is 16.7 Å². The number of H-pyrrole nitrogens is 1. The predicted molar refractivity (Wildman–Crippen MR) is 131 cm³/mol. The van der Waals surface area contributed by atoms with Gasteiger partial charge < -0.3 is 24.4 Å². The molecule has 0 bridgehead atoms. The maximum atomic E-state index is 10.7. The number of Topliss-reactive ketones (excluding diaryl/α,β-unsaturated/α-hetero) is 1. The number of nitriles is 1. The van der Waals surface area contributed by atoms with Crippen LogP contribution < -0.4 is 17.0 Å². The number of hydrogen-bond donors (Lipinski definition) is 1. The van der Waals surface area contributed by atoms with Crippen LogP contribution in [0.2, 0.25) is 10.3 Å². The zero-order valence-corrected chi connectivity index (χ0v) is 22.2. The van der Waals surface area contributed by atoms with E-state index in [9.17, 15) is 4.79 Å². The molecular weight excluding hydrogens is 539 g/mol. The summed E-state index contributed by atoms with van der Waals surface area (Å²) in [6, 6.07) is 12.4. The fourth-order valence-corrected chi connectivity index (χ4v) is 2.51. The van der Waals surface area contributed by atoms with Gasteiger partial charge in [0.15, 0.2) is 11.4 Å². The van der Waals surface area contributed by atoms with E-state index in [1.165, 1.54) is 6.92 Å².